The Kier molecular flexibility index (Phi) is 5.50. The van der Waals surface area contributed by atoms with E-state index in [4.69, 9.17) is 4.74 Å². The van der Waals surface area contributed by atoms with Crippen LogP contribution in [0.5, 0.6) is 11.5 Å². The summed E-state index contributed by atoms with van der Waals surface area (Å²) in [5.74, 6) is -2.13. The zero-order valence-corrected chi connectivity index (χ0v) is 15.5. The number of nitrogens with one attached hydrogen (secondary N) is 1. The molecule has 0 unspecified atom stereocenters. The van der Waals surface area contributed by atoms with Crippen LogP contribution in [0.2, 0.25) is 0 Å². The average Bonchev–Trinajstić information content (AvgIpc) is 2.67. The molecule has 2 aromatic carbocycles. The second kappa shape index (κ2) is 7.90. The molecule has 2 N–H and O–H groups in total. The van der Waals surface area contributed by atoms with Gasteiger partial charge in [-0.15, -0.1) is 0 Å². The van der Waals surface area contributed by atoms with Gasteiger partial charge in [0.05, 0.1) is 17.9 Å². The Morgan fingerprint density at radius 3 is 2.53 bits per heavy atom. The first-order valence-electron chi connectivity index (χ1n) is 8.66. The fourth-order valence-corrected chi connectivity index (χ4v) is 2.77. The van der Waals surface area contributed by atoms with Gasteiger partial charge in [0.15, 0.2) is 11.5 Å². The molecule has 30 heavy (non-hydrogen) atoms. The number of benzene rings is 2. The first-order valence-corrected chi connectivity index (χ1v) is 8.66. The Hall–Kier alpha value is -3.82. The van der Waals surface area contributed by atoms with Crippen LogP contribution in [0.1, 0.15) is 18.1 Å². The molecule has 0 saturated carbocycles. The monoisotopic (exact) mass is 420 g/mol. The number of ether oxygens (including phenoxy) is 1. The molecule has 0 radical (unpaired) electrons. The zero-order valence-electron chi connectivity index (χ0n) is 15.5. The minimum atomic E-state index is -4.68. The van der Waals surface area contributed by atoms with Crippen molar-refractivity contribution in [3.8, 4) is 11.5 Å². The number of aromatic hydroxyl groups is 1. The number of hydrogen-bond acceptors (Lipinski definition) is 5. The van der Waals surface area contributed by atoms with Gasteiger partial charge in [0, 0.05) is 0 Å². The molecule has 1 aliphatic rings. The standard InChI is InChI=1S/C20H15F3N2O5/c1-2-30-16-9-11(6-7-15(16)26)8-14-17(27)24-19(29)25(18(14)28)13-5-3-4-12(10-13)20(21,22)23/h3-10,26H,2H2,1H3,(H,24,27,29)/b14-8+. The Morgan fingerprint density at radius 1 is 1.13 bits per heavy atom. The molecule has 4 amide bonds. The SMILES string of the molecule is CCOc1cc(/C=C2\C(=O)NC(=O)N(c3cccc(C(F)(F)F)c3)C2=O)ccc1O. The van der Waals surface area contributed by atoms with Crippen LogP contribution in [0.15, 0.2) is 48.0 Å². The van der Waals surface area contributed by atoms with Crippen molar-refractivity contribution in [1.29, 1.82) is 0 Å². The van der Waals surface area contributed by atoms with Crippen molar-refractivity contribution >= 4 is 29.6 Å². The van der Waals surface area contributed by atoms with Crippen LogP contribution in [0.3, 0.4) is 0 Å². The van der Waals surface area contributed by atoms with Crippen LogP contribution >= 0.6 is 0 Å². The van der Waals surface area contributed by atoms with Gasteiger partial charge >= 0.3 is 12.2 Å². The lowest BCUT2D eigenvalue weighted by Gasteiger charge is -2.26. The summed E-state index contributed by atoms with van der Waals surface area (Å²) in [5, 5.41) is 11.7. The van der Waals surface area contributed by atoms with E-state index in [1.54, 1.807) is 6.92 Å². The first-order chi connectivity index (χ1) is 14.1. The molecule has 0 aromatic heterocycles. The number of urea groups is 1. The molecule has 156 valence electrons. The van der Waals surface area contributed by atoms with Crippen molar-refractivity contribution in [2.75, 3.05) is 11.5 Å². The normalized spacial score (nSPS) is 16.1. The Bertz CT molecular complexity index is 1060. The third-order valence-electron chi connectivity index (χ3n) is 4.13. The first kappa shape index (κ1) is 20.9. The minimum absolute atomic E-state index is 0.112. The molecular weight excluding hydrogens is 405 g/mol. The number of barbiturate groups is 1. The second-order valence-corrected chi connectivity index (χ2v) is 6.17. The number of alkyl halides is 3. The predicted molar refractivity (Wildman–Crippen MR) is 99.7 cm³/mol. The van der Waals surface area contributed by atoms with Gasteiger partial charge < -0.3 is 9.84 Å². The van der Waals surface area contributed by atoms with E-state index in [0.29, 0.717) is 16.5 Å². The highest BCUT2D eigenvalue weighted by atomic mass is 19.4. The van der Waals surface area contributed by atoms with Gasteiger partial charge in [-0.1, -0.05) is 12.1 Å². The van der Waals surface area contributed by atoms with Crippen molar-refractivity contribution in [3.63, 3.8) is 0 Å². The van der Waals surface area contributed by atoms with Gasteiger partial charge in [0.25, 0.3) is 11.8 Å². The van der Waals surface area contributed by atoms with Crippen LogP contribution in [-0.4, -0.2) is 29.6 Å². The molecule has 10 heteroatoms. The fourth-order valence-electron chi connectivity index (χ4n) is 2.77. The number of amides is 4. The third kappa shape index (κ3) is 4.12. The summed E-state index contributed by atoms with van der Waals surface area (Å²) in [4.78, 5) is 37.6. The van der Waals surface area contributed by atoms with E-state index in [-0.39, 0.29) is 23.8 Å². The largest absolute Gasteiger partial charge is 0.504 e. The summed E-state index contributed by atoms with van der Waals surface area (Å²) in [6.45, 7) is 1.95. The lowest BCUT2D eigenvalue weighted by molar-refractivity contribution is -0.137. The number of halogens is 3. The van der Waals surface area contributed by atoms with E-state index in [1.165, 1.54) is 18.2 Å². The lowest BCUT2D eigenvalue weighted by Crippen LogP contribution is -2.54. The molecule has 0 spiro atoms. The van der Waals surface area contributed by atoms with Gasteiger partial charge in [0.2, 0.25) is 0 Å². The van der Waals surface area contributed by atoms with Gasteiger partial charge in [-0.2, -0.15) is 13.2 Å². The molecular formula is C20H15F3N2O5. The lowest BCUT2D eigenvalue weighted by atomic mass is 10.1. The van der Waals surface area contributed by atoms with Crippen LogP contribution in [0.4, 0.5) is 23.7 Å². The molecule has 0 bridgehead atoms. The van der Waals surface area contributed by atoms with E-state index in [9.17, 15) is 32.7 Å². The van der Waals surface area contributed by atoms with Crippen molar-refractivity contribution in [2.45, 2.75) is 13.1 Å². The number of anilines is 1. The van der Waals surface area contributed by atoms with E-state index in [0.717, 1.165) is 24.3 Å². The molecule has 7 nitrogen and oxygen atoms in total. The van der Waals surface area contributed by atoms with Crippen LogP contribution < -0.4 is 15.0 Å². The molecule has 0 aliphatic carbocycles. The number of phenols is 1. The average molecular weight is 420 g/mol. The summed E-state index contributed by atoms with van der Waals surface area (Å²) >= 11 is 0. The number of carbonyl (C=O) groups is 3. The highest BCUT2D eigenvalue weighted by Gasteiger charge is 2.38. The maximum atomic E-state index is 13.0. The molecule has 1 heterocycles. The number of imide groups is 2. The minimum Gasteiger partial charge on any atom is -0.504 e. The maximum Gasteiger partial charge on any atom is 0.416 e. The Labute approximate surface area is 168 Å². The molecule has 1 fully saturated rings. The third-order valence-corrected chi connectivity index (χ3v) is 4.13. The summed E-state index contributed by atoms with van der Waals surface area (Å²) in [7, 11) is 0. The topological polar surface area (TPSA) is 95.9 Å². The molecule has 2 aromatic rings. The van der Waals surface area contributed by atoms with E-state index in [2.05, 4.69) is 0 Å². The van der Waals surface area contributed by atoms with Crippen molar-refractivity contribution in [2.24, 2.45) is 0 Å². The number of carbonyl (C=O) groups excluding carboxylic acids is 3. The highest BCUT2D eigenvalue weighted by molar-refractivity contribution is 6.39. The molecule has 1 saturated heterocycles. The van der Waals surface area contributed by atoms with Crippen molar-refractivity contribution < 1.29 is 37.4 Å². The smallest absolute Gasteiger partial charge is 0.416 e. The van der Waals surface area contributed by atoms with Crippen molar-refractivity contribution in [1.82, 2.24) is 5.32 Å². The summed E-state index contributed by atoms with van der Waals surface area (Å²) in [6, 6.07) is 6.52. The van der Waals surface area contributed by atoms with Gasteiger partial charge in [-0.25, -0.2) is 9.69 Å². The molecule has 1 aliphatic heterocycles. The van der Waals surface area contributed by atoms with Crippen LogP contribution in [0.25, 0.3) is 6.08 Å². The maximum absolute atomic E-state index is 13.0. The summed E-state index contributed by atoms with van der Waals surface area (Å²) < 4.78 is 44.2. The van der Waals surface area contributed by atoms with E-state index in [1.807, 2.05) is 5.32 Å². The number of hydrogen-bond donors (Lipinski definition) is 2. The quantitative estimate of drug-likeness (QED) is 0.583. The van der Waals surface area contributed by atoms with E-state index < -0.39 is 35.2 Å². The van der Waals surface area contributed by atoms with Gasteiger partial charge in [-0.3, -0.25) is 14.9 Å². The van der Waals surface area contributed by atoms with Crippen LogP contribution in [-0.2, 0) is 15.8 Å². The molecule has 3 rings (SSSR count). The number of nitrogens with zero attached hydrogens (tertiary/aromatic N) is 1. The van der Waals surface area contributed by atoms with Gasteiger partial charge in [-0.05, 0) is 48.9 Å². The fraction of sp³-hybridized carbons (Fsp3) is 0.150. The predicted octanol–water partition coefficient (Wildman–Crippen LogP) is 3.48. The Morgan fingerprint density at radius 2 is 1.87 bits per heavy atom. The Balaban J connectivity index is 2.01. The second-order valence-electron chi connectivity index (χ2n) is 6.17. The van der Waals surface area contributed by atoms with Crippen LogP contribution in [0, 0.1) is 0 Å². The molecule has 0 atom stereocenters. The highest BCUT2D eigenvalue weighted by Crippen LogP contribution is 2.33. The van der Waals surface area contributed by atoms with Gasteiger partial charge in [0.1, 0.15) is 5.57 Å². The number of phenolic OH excluding ortho intramolecular Hbond substituents is 1. The number of rotatable bonds is 4. The zero-order chi connectivity index (χ0) is 22.1. The van der Waals surface area contributed by atoms with E-state index >= 15 is 0 Å². The summed E-state index contributed by atoms with van der Waals surface area (Å²) in [6.07, 6.45) is -3.53. The van der Waals surface area contributed by atoms with Crippen molar-refractivity contribution in [3.05, 3.63) is 59.2 Å². The summed E-state index contributed by atoms with van der Waals surface area (Å²) in [5.41, 5.74) is -1.57.